The van der Waals surface area contributed by atoms with Crippen molar-refractivity contribution < 1.29 is 4.79 Å². The van der Waals surface area contributed by atoms with E-state index in [1.165, 1.54) is 44.9 Å². The first-order chi connectivity index (χ1) is 9.58. The van der Waals surface area contributed by atoms with Crippen molar-refractivity contribution in [3.05, 3.63) is 0 Å². The first-order valence-corrected chi connectivity index (χ1v) is 8.58. The topological polar surface area (TPSA) is 46.3 Å². The van der Waals surface area contributed by atoms with Gasteiger partial charge in [0.25, 0.3) is 0 Å². The largest absolute Gasteiger partial charge is 0.392 e. The molecule has 0 radical (unpaired) electrons. The summed E-state index contributed by atoms with van der Waals surface area (Å²) in [5.41, 5.74) is 5.93. The zero-order chi connectivity index (χ0) is 14.2. The van der Waals surface area contributed by atoms with Gasteiger partial charge in [0.15, 0.2) is 0 Å². The number of carbonyl (C=O) groups is 1. The van der Waals surface area contributed by atoms with E-state index in [4.69, 9.17) is 18.0 Å². The van der Waals surface area contributed by atoms with E-state index in [2.05, 4.69) is 4.90 Å². The normalized spacial score (nSPS) is 27.9. The number of nitrogens with zero attached hydrogens (tertiary/aromatic N) is 1. The lowest BCUT2D eigenvalue weighted by Gasteiger charge is -2.48. The van der Waals surface area contributed by atoms with Gasteiger partial charge in [-0.05, 0) is 43.9 Å². The van der Waals surface area contributed by atoms with Gasteiger partial charge >= 0.3 is 0 Å². The van der Waals surface area contributed by atoms with Crippen LogP contribution < -0.4 is 5.73 Å². The minimum atomic E-state index is -0.480. The Labute approximate surface area is 127 Å². The Morgan fingerprint density at radius 1 is 0.900 bits per heavy atom. The third kappa shape index (κ3) is 2.26. The van der Waals surface area contributed by atoms with E-state index in [0.29, 0.717) is 10.4 Å². The van der Waals surface area contributed by atoms with Crippen molar-refractivity contribution in [2.24, 2.45) is 16.6 Å². The predicted octanol–water partition coefficient (Wildman–Crippen LogP) is 3.02. The molecule has 1 aliphatic heterocycles. The van der Waals surface area contributed by atoms with Crippen LogP contribution in [0.5, 0.6) is 0 Å². The van der Waals surface area contributed by atoms with E-state index < -0.39 is 5.41 Å². The lowest BCUT2D eigenvalue weighted by Crippen LogP contribution is -2.56. The number of piperidine rings is 1. The molecule has 112 valence electrons. The molecule has 0 bridgehead atoms. The summed E-state index contributed by atoms with van der Waals surface area (Å²) >= 11 is 5.18. The zero-order valence-electron chi connectivity index (χ0n) is 12.3. The molecule has 0 aromatic heterocycles. The van der Waals surface area contributed by atoms with Crippen LogP contribution in [0.2, 0.25) is 0 Å². The average molecular weight is 294 g/mol. The predicted molar refractivity (Wildman–Crippen MR) is 84.4 cm³/mol. The maximum Gasteiger partial charge on any atom is 0.235 e. The van der Waals surface area contributed by atoms with E-state index >= 15 is 0 Å². The van der Waals surface area contributed by atoms with Gasteiger partial charge in [-0.15, -0.1) is 0 Å². The molecule has 0 atom stereocenters. The number of thiocarbonyl (C=S) groups is 1. The fourth-order valence-electron chi connectivity index (χ4n) is 4.38. The highest BCUT2D eigenvalue weighted by Gasteiger charge is 2.50. The second-order valence-electron chi connectivity index (χ2n) is 7.15. The summed E-state index contributed by atoms with van der Waals surface area (Å²) in [6.07, 6.45) is 12.1. The van der Waals surface area contributed by atoms with E-state index in [-0.39, 0.29) is 5.91 Å². The number of nitrogens with two attached hydrogens (primary N) is 1. The minimum Gasteiger partial charge on any atom is -0.392 e. The third-order valence-corrected chi connectivity index (χ3v) is 6.50. The summed E-state index contributed by atoms with van der Waals surface area (Å²) < 4.78 is 0. The van der Waals surface area contributed by atoms with E-state index in [0.717, 1.165) is 32.4 Å². The van der Waals surface area contributed by atoms with Gasteiger partial charge < -0.3 is 10.6 Å². The van der Waals surface area contributed by atoms with Gasteiger partial charge in [0.05, 0.1) is 10.4 Å². The molecule has 3 aliphatic rings. The van der Waals surface area contributed by atoms with Crippen LogP contribution >= 0.6 is 12.2 Å². The van der Waals surface area contributed by atoms with Gasteiger partial charge in [-0.1, -0.05) is 37.9 Å². The molecule has 2 aliphatic carbocycles. The van der Waals surface area contributed by atoms with Crippen molar-refractivity contribution >= 4 is 23.1 Å². The fourth-order valence-corrected chi connectivity index (χ4v) is 4.68. The minimum absolute atomic E-state index is 0.224. The molecule has 1 amide bonds. The standard InChI is InChI=1S/C16H26N2OS/c17-13(20)16(7-4-8-16)14(19)18-11-9-15(10-12-18)5-2-1-3-6-15/h1-12H2,(H2,17,20). The van der Waals surface area contributed by atoms with Gasteiger partial charge in [0, 0.05) is 13.1 Å². The van der Waals surface area contributed by atoms with Gasteiger partial charge in [-0.2, -0.15) is 0 Å². The van der Waals surface area contributed by atoms with E-state index in [1.54, 1.807) is 0 Å². The molecule has 0 aromatic carbocycles. The van der Waals surface area contributed by atoms with Crippen LogP contribution in [0, 0.1) is 10.8 Å². The van der Waals surface area contributed by atoms with Crippen molar-refractivity contribution in [1.29, 1.82) is 0 Å². The van der Waals surface area contributed by atoms with Crippen molar-refractivity contribution in [3.63, 3.8) is 0 Å². The molecule has 2 saturated carbocycles. The van der Waals surface area contributed by atoms with Crippen LogP contribution in [-0.4, -0.2) is 28.9 Å². The van der Waals surface area contributed by atoms with E-state index in [1.807, 2.05) is 0 Å². The van der Waals surface area contributed by atoms with Crippen molar-refractivity contribution in [1.82, 2.24) is 4.90 Å². The van der Waals surface area contributed by atoms with Crippen LogP contribution in [0.25, 0.3) is 0 Å². The smallest absolute Gasteiger partial charge is 0.235 e. The SMILES string of the molecule is NC(=S)C1(C(=O)N2CCC3(CCCCC3)CC2)CCC1. The summed E-state index contributed by atoms with van der Waals surface area (Å²) in [6.45, 7) is 1.84. The van der Waals surface area contributed by atoms with Crippen LogP contribution in [-0.2, 0) is 4.79 Å². The lowest BCUT2D eigenvalue weighted by atomic mass is 9.65. The Kier molecular flexibility index (Phi) is 3.78. The molecular formula is C16H26N2OS. The van der Waals surface area contributed by atoms with Crippen molar-refractivity contribution in [2.75, 3.05) is 13.1 Å². The molecule has 3 fully saturated rings. The molecular weight excluding hydrogens is 268 g/mol. The Morgan fingerprint density at radius 3 is 1.95 bits per heavy atom. The molecule has 3 nitrogen and oxygen atoms in total. The van der Waals surface area contributed by atoms with Crippen LogP contribution in [0.4, 0.5) is 0 Å². The van der Waals surface area contributed by atoms with Crippen molar-refractivity contribution in [3.8, 4) is 0 Å². The first-order valence-electron chi connectivity index (χ1n) is 8.17. The number of hydrogen-bond donors (Lipinski definition) is 1. The highest BCUT2D eigenvalue weighted by molar-refractivity contribution is 7.80. The lowest BCUT2D eigenvalue weighted by molar-refractivity contribution is -0.144. The number of carbonyl (C=O) groups excluding carboxylic acids is 1. The fraction of sp³-hybridized carbons (Fsp3) is 0.875. The van der Waals surface area contributed by atoms with Crippen molar-refractivity contribution in [2.45, 2.75) is 64.2 Å². The molecule has 20 heavy (non-hydrogen) atoms. The van der Waals surface area contributed by atoms with Gasteiger partial charge in [0.1, 0.15) is 0 Å². The highest BCUT2D eigenvalue weighted by atomic mass is 32.1. The van der Waals surface area contributed by atoms with Gasteiger partial charge in [-0.25, -0.2) is 0 Å². The first kappa shape index (κ1) is 14.3. The molecule has 0 unspecified atom stereocenters. The van der Waals surface area contributed by atoms with Crippen LogP contribution in [0.3, 0.4) is 0 Å². The molecule has 2 N–H and O–H groups in total. The molecule has 1 heterocycles. The van der Waals surface area contributed by atoms with E-state index in [9.17, 15) is 4.79 Å². The zero-order valence-corrected chi connectivity index (χ0v) is 13.1. The Hall–Kier alpha value is -0.640. The molecule has 0 aromatic rings. The van der Waals surface area contributed by atoms with Gasteiger partial charge in [-0.3, -0.25) is 4.79 Å². The van der Waals surface area contributed by atoms with Crippen LogP contribution in [0.1, 0.15) is 64.2 Å². The maximum absolute atomic E-state index is 12.8. The quantitative estimate of drug-likeness (QED) is 0.796. The third-order valence-electron chi connectivity index (χ3n) is 6.11. The number of likely N-dealkylation sites (tertiary alicyclic amines) is 1. The summed E-state index contributed by atoms with van der Waals surface area (Å²) in [6, 6.07) is 0. The molecule has 4 heteroatoms. The van der Waals surface area contributed by atoms with Gasteiger partial charge in [0.2, 0.25) is 5.91 Å². The van der Waals surface area contributed by atoms with Crippen LogP contribution in [0.15, 0.2) is 0 Å². The summed E-state index contributed by atoms with van der Waals surface area (Å²) in [5, 5.41) is 0. The highest BCUT2D eigenvalue weighted by Crippen LogP contribution is 2.47. The monoisotopic (exact) mass is 294 g/mol. The molecule has 3 rings (SSSR count). The Bertz CT molecular complexity index is 401. The number of hydrogen-bond acceptors (Lipinski definition) is 2. The summed E-state index contributed by atoms with van der Waals surface area (Å²) in [5.74, 6) is 0.224. The summed E-state index contributed by atoms with van der Waals surface area (Å²) in [7, 11) is 0. The number of rotatable bonds is 2. The Morgan fingerprint density at radius 2 is 1.50 bits per heavy atom. The second kappa shape index (κ2) is 5.28. The average Bonchev–Trinajstić information content (AvgIpc) is 2.38. The summed E-state index contributed by atoms with van der Waals surface area (Å²) in [4.78, 5) is 15.3. The second-order valence-corrected chi connectivity index (χ2v) is 7.59. The Balaban J connectivity index is 1.63. The molecule has 1 spiro atoms. The number of amides is 1. The maximum atomic E-state index is 12.8. The molecule has 1 saturated heterocycles.